The van der Waals surface area contributed by atoms with E-state index in [0.29, 0.717) is 25.2 Å². The molecule has 6 nitrogen and oxygen atoms in total. The molecular weight excluding hydrogens is 304 g/mol. The van der Waals surface area contributed by atoms with Crippen molar-refractivity contribution in [1.82, 2.24) is 10.2 Å². The molecule has 1 rings (SSSR count). The van der Waals surface area contributed by atoms with Crippen molar-refractivity contribution in [3.63, 3.8) is 0 Å². The van der Waals surface area contributed by atoms with Crippen molar-refractivity contribution < 1.29 is 17.9 Å². The largest absolute Gasteiger partial charge is 0.376 e. The summed E-state index contributed by atoms with van der Waals surface area (Å²) in [5.41, 5.74) is 0. The van der Waals surface area contributed by atoms with Crippen LogP contribution in [0.25, 0.3) is 0 Å². The molecule has 130 valence electrons. The number of ether oxygens (including phenoxy) is 1. The molecular formula is C15H30N2O4S. The number of hydrogen-bond donors (Lipinski definition) is 1. The van der Waals surface area contributed by atoms with Gasteiger partial charge in [-0.3, -0.25) is 0 Å². The minimum atomic E-state index is -3.09. The average Bonchev–Trinajstić information content (AvgIpc) is 2.42. The third kappa shape index (κ3) is 6.96. The maximum atomic E-state index is 12.0. The lowest BCUT2D eigenvalue weighted by molar-refractivity contribution is -0.00271. The highest BCUT2D eigenvalue weighted by molar-refractivity contribution is 7.90. The molecule has 1 N–H and O–H groups in total. The van der Waals surface area contributed by atoms with Gasteiger partial charge < -0.3 is 15.0 Å². The van der Waals surface area contributed by atoms with Crippen LogP contribution >= 0.6 is 0 Å². The minimum Gasteiger partial charge on any atom is -0.376 e. The van der Waals surface area contributed by atoms with Crippen molar-refractivity contribution in [2.24, 2.45) is 5.92 Å². The molecule has 0 aromatic rings. The summed E-state index contributed by atoms with van der Waals surface area (Å²) in [6, 6.07) is -0.620. The lowest BCUT2D eigenvalue weighted by Gasteiger charge is -2.29. The van der Waals surface area contributed by atoms with E-state index < -0.39 is 9.84 Å². The monoisotopic (exact) mass is 334 g/mol. The highest BCUT2D eigenvalue weighted by Crippen LogP contribution is 2.25. The summed E-state index contributed by atoms with van der Waals surface area (Å²) in [5.74, 6) is 0.550. The van der Waals surface area contributed by atoms with Gasteiger partial charge in [0, 0.05) is 25.9 Å². The van der Waals surface area contributed by atoms with Crippen LogP contribution in [0.1, 0.15) is 39.5 Å². The number of rotatable bonds is 7. The second-order valence-electron chi connectivity index (χ2n) is 6.46. The van der Waals surface area contributed by atoms with E-state index in [4.69, 9.17) is 4.74 Å². The molecule has 1 aliphatic carbocycles. The van der Waals surface area contributed by atoms with Crippen LogP contribution in [0, 0.1) is 5.92 Å². The van der Waals surface area contributed by atoms with Crippen LogP contribution in [0.2, 0.25) is 0 Å². The van der Waals surface area contributed by atoms with E-state index in [1.54, 1.807) is 14.0 Å². The van der Waals surface area contributed by atoms with Crippen LogP contribution in [0.15, 0.2) is 0 Å². The number of urea groups is 1. The maximum absolute atomic E-state index is 12.0. The number of nitrogens with one attached hydrogen (secondary N) is 1. The Hall–Kier alpha value is -0.820. The molecule has 22 heavy (non-hydrogen) atoms. The predicted molar refractivity (Wildman–Crippen MR) is 87.7 cm³/mol. The number of carbonyl (C=O) groups is 1. The van der Waals surface area contributed by atoms with E-state index >= 15 is 0 Å². The van der Waals surface area contributed by atoms with Gasteiger partial charge in [-0.15, -0.1) is 0 Å². The van der Waals surface area contributed by atoms with Crippen molar-refractivity contribution in [2.45, 2.75) is 51.7 Å². The zero-order valence-corrected chi connectivity index (χ0v) is 15.0. The Morgan fingerprint density at radius 2 is 2.00 bits per heavy atom. The first-order valence-electron chi connectivity index (χ1n) is 8.00. The Morgan fingerprint density at radius 1 is 1.36 bits per heavy atom. The first-order chi connectivity index (χ1) is 10.2. The van der Waals surface area contributed by atoms with E-state index in [-0.39, 0.29) is 17.8 Å². The summed E-state index contributed by atoms with van der Waals surface area (Å²) in [4.78, 5) is 13.4. The molecule has 0 aromatic heterocycles. The van der Waals surface area contributed by atoms with E-state index in [9.17, 15) is 13.2 Å². The molecule has 1 fully saturated rings. The van der Waals surface area contributed by atoms with Gasteiger partial charge in [0.1, 0.15) is 9.84 Å². The molecule has 0 aliphatic heterocycles. The van der Waals surface area contributed by atoms with Gasteiger partial charge in [0.25, 0.3) is 0 Å². The summed E-state index contributed by atoms with van der Waals surface area (Å²) in [6.45, 7) is 4.87. The van der Waals surface area contributed by atoms with Crippen molar-refractivity contribution >= 4 is 15.9 Å². The van der Waals surface area contributed by atoms with Crippen LogP contribution in [0.5, 0.6) is 0 Å². The third-order valence-electron chi connectivity index (χ3n) is 4.27. The van der Waals surface area contributed by atoms with E-state index in [1.165, 1.54) is 30.4 Å². The van der Waals surface area contributed by atoms with Crippen LogP contribution in [0.3, 0.4) is 0 Å². The Kier molecular flexibility index (Phi) is 7.62. The van der Waals surface area contributed by atoms with Gasteiger partial charge in [-0.2, -0.15) is 0 Å². The van der Waals surface area contributed by atoms with Crippen LogP contribution in [0.4, 0.5) is 4.79 Å². The molecule has 3 atom stereocenters. The second kappa shape index (κ2) is 8.72. The SMILES string of the molecule is CC1CCCCC1OCCNC(=O)N(C)C(C)CS(C)(=O)=O. The number of sulfone groups is 1. The first-order valence-corrected chi connectivity index (χ1v) is 10.1. The van der Waals surface area contributed by atoms with Crippen LogP contribution in [-0.4, -0.2) is 63.7 Å². The van der Waals surface area contributed by atoms with E-state index in [1.807, 2.05) is 0 Å². The summed E-state index contributed by atoms with van der Waals surface area (Å²) in [5, 5.41) is 2.77. The summed E-state index contributed by atoms with van der Waals surface area (Å²) in [6.07, 6.45) is 6.28. The number of amides is 2. The minimum absolute atomic E-state index is 0.0347. The Balaban J connectivity index is 2.24. The molecule has 0 radical (unpaired) electrons. The Bertz CT molecular complexity index is 452. The van der Waals surface area contributed by atoms with Crippen molar-refractivity contribution in [1.29, 1.82) is 0 Å². The molecule has 0 heterocycles. The topological polar surface area (TPSA) is 75.7 Å². The summed E-state index contributed by atoms with van der Waals surface area (Å²) < 4.78 is 28.4. The first kappa shape index (κ1) is 19.2. The molecule has 0 spiro atoms. The molecule has 1 aliphatic rings. The van der Waals surface area contributed by atoms with Gasteiger partial charge in [-0.05, 0) is 25.7 Å². The third-order valence-corrected chi connectivity index (χ3v) is 5.36. The normalized spacial score (nSPS) is 23.8. The highest BCUT2D eigenvalue weighted by atomic mass is 32.2. The van der Waals surface area contributed by atoms with Gasteiger partial charge in [-0.1, -0.05) is 19.8 Å². The van der Waals surface area contributed by atoms with E-state index in [0.717, 1.165) is 6.42 Å². The van der Waals surface area contributed by atoms with Gasteiger partial charge in [-0.25, -0.2) is 13.2 Å². The Morgan fingerprint density at radius 3 is 2.59 bits per heavy atom. The lowest BCUT2D eigenvalue weighted by atomic mass is 9.88. The number of nitrogens with zero attached hydrogens (tertiary/aromatic N) is 1. The molecule has 2 amide bonds. The van der Waals surface area contributed by atoms with Crippen molar-refractivity contribution in [3.05, 3.63) is 0 Å². The fraction of sp³-hybridized carbons (Fsp3) is 0.933. The standard InChI is InChI=1S/C15H30N2O4S/c1-12-7-5-6-8-14(12)21-10-9-16-15(18)17(3)13(2)11-22(4,19)20/h12-14H,5-11H2,1-4H3,(H,16,18). The zero-order chi connectivity index (χ0) is 16.8. The smallest absolute Gasteiger partial charge is 0.317 e. The maximum Gasteiger partial charge on any atom is 0.317 e. The van der Waals surface area contributed by atoms with Gasteiger partial charge in [0.05, 0.1) is 18.5 Å². The van der Waals surface area contributed by atoms with Gasteiger partial charge in [0.15, 0.2) is 0 Å². The summed E-state index contributed by atoms with van der Waals surface area (Å²) >= 11 is 0. The highest BCUT2D eigenvalue weighted by Gasteiger charge is 2.22. The number of hydrogen-bond acceptors (Lipinski definition) is 4. The second-order valence-corrected chi connectivity index (χ2v) is 8.64. The molecule has 3 unspecified atom stereocenters. The average molecular weight is 334 g/mol. The lowest BCUT2D eigenvalue weighted by Crippen LogP contribution is -2.46. The molecule has 0 bridgehead atoms. The summed E-state index contributed by atoms with van der Waals surface area (Å²) in [7, 11) is -1.49. The molecule has 0 saturated heterocycles. The number of carbonyl (C=O) groups excluding carboxylic acids is 1. The van der Waals surface area contributed by atoms with Crippen LogP contribution < -0.4 is 5.32 Å². The van der Waals surface area contributed by atoms with Crippen molar-refractivity contribution in [2.75, 3.05) is 32.2 Å². The fourth-order valence-corrected chi connectivity index (χ4v) is 3.87. The van der Waals surface area contributed by atoms with E-state index in [2.05, 4.69) is 12.2 Å². The Labute approximate surface area is 134 Å². The molecule has 7 heteroatoms. The van der Waals surface area contributed by atoms with Crippen LogP contribution in [-0.2, 0) is 14.6 Å². The zero-order valence-electron chi connectivity index (χ0n) is 14.2. The fourth-order valence-electron chi connectivity index (χ4n) is 2.77. The van der Waals surface area contributed by atoms with Gasteiger partial charge in [0.2, 0.25) is 0 Å². The van der Waals surface area contributed by atoms with Gasteiger partial charge >= 0.3 is 6.03 Å². The quantitative estimate of drug-likeness (QED) is 0.718. The van der Waals surface area contributed by atoms with Crippen molar-refractivity contribution in [3.8, 4) is 0 Å². The predicted octanol–water partition coefficient (Wildman–Crippen LogP) is 1.66. The molecule has 0 aromatic carbocycles. The molecule has 1 saturated carbocycles.